The summed E-state index contributed by atoms with van der Waals surface area (Å²) in [5, 5.41) is 2.91. The first-order valence-corrected chi connectivity index (χ1v) is 7.54. The summed E-state index contributed by atoms with van der Waals surface area (Å²) in [6.45, 7) is 4.38. The van der Waals surface area contributed by atoms with E-state index in [4.69, 9.17) is 5.73 Å². The highest BCUT2D eigenvalue weighted by molar-refractivity contribution is 9.10. The molecule has 0 fully saturated rings. The zero-order valence-corrected chi connectivity index (χ0v) is 13.9. The van der Waals surface area contributed by atoms with Gasteiger partial charge in [-0.3, -0.25) is 0 Å². The minimum atomic E-state index is -0.847. The van der Waals surface area contributed by atoms with Gasteiger partial charge in [0.25, 0.3) is 0 Å². The fraction of sp³-hybridized carbons (Fsp3) is 0.250. The van der Waals surface area contributed by atoms with Crippen molar-refractivity contribution in [3.8, 4) is 0 Å². The van der Waals surface area contributed by atoms with Crippen molar-refractivity contribution in [1.29, 1.82) is 0 Å². The van der Waals surface area contributed by atoms with E-state index in [1.54, 1.807) is 19.1 Å². The Morgan fingerprint density at radius 1 is 1.05 bits per heavy atom. The van der Waals surface area contributed by atoms with Gasteiger partial charge in [-0.25, -0.2) is 13.2 Å². The summed E-state index contributed by atoms with van der Waals surface area (Å²) in [4.78, 5) is 0. The second-order valence-corrected chi connectivity index (χ2v) is 5.53. The number of anilines is 1. The average Bonchev–Trinajstić information content (AvgIpc) is 2.45. The minimum Gasteiger partial charge on any atom is -0.383 e. The largest absolute Gasteiger partial charge is 0.383 e. The molecule has 0 saturated carbocycles. The van der Waals surface area contributed by atoms with Crippen LogP contribution in [0.4, 0.5) is 18.9 Å². The second-order valence-electron chi connectivity index (χ2n) is 4.62. The van der Waals surface area contributed by atoms with Gasteiger partial charge in [-0.2, -0.15) is 0 Å². The smallest absolute Gasteiger partial charge is 0.159 e. The summed E-state index contributed by atoms with van der Waals surface area (Å²) < 4.78 is 38.6. The van der Waals surface area contributed by atoms with Crippen molar-refractivity contribution in [3.05, 3.63) is 63.9 Å². The highest BCUT2D eigenvalue weighted by Crippen LogP contribution is 2.18. The molecular formula is C16H18BrF3N2. The molecule has 0 spiro atoms. The molecule has 120 valence electrons. The third-order valence-corrected chi connectivity index (χ3v) is 3.26. The maximum atomic E-state index is 12.9. The molecule has 0 radical (unpaired) electrons. The van der Waals surface area contributed by atoms with Gasteiger partial charge in [-0.15, -0.1) is 0 Å². The third kappa shape index (κ3) is 5.69. The molecule has 0 aromatic heterocycles. The zero-order chi connectivity index (χ0) is 16.7. The molecule has 3 N–H and O–H groups in total. The molecule has 2 nitrogen and oxygen atoms in total. The Labute approximate surface area is 136 Å². The molecule has 2 aromatic rings. The molecular weight excluding hydrogens is 357 g/mol. The standard InChI is InChI=1S/C8H9BrFN.C8H9F2N/c1-2-11-8-4-3-6(9)5-7(8)10;1-5(11)6-2-3-7(9)8(10)4-6/h3-5,11H,2H2,1H3;2-5H,11H2,1H3. The van der Waals surface area contributed by atoms with E-state index in [9.17, 15) is 13.2 Å². The Hall–Kier alpha value is -1.53. The number of rotatable bonds is 3. The lowest BCUT2D eigenvalue weighted by Crippen LogP contribution is -2.05. The highest BCUT2D eigenvalue weighted by Gasteiger charge is 2.04. The second kappa shape index (κ2) is 8.80. The molecule has 0 aliphatic carbocycles. The van der Waals surface area contributed by atoms with E-state index in [0.717, 1.165) is 23.2 Å². The van der Waals surface area contributed by atoms with Gasteiger partial charge in [0.2, 0.25) is 0 Å². The molecule has 0 amide bonds. The molecule has 0 bridgehead atoms. The topological polar surface area (TPSA) is 38.0 Å². The molecule has 1 atom stereocenters. The van der Waals surface area contributed by atoms with E-state index in [1.807, 2.05) is 6.92 Å². The predicted molar refractivity (Wildman–Crippen MR) is 87.2 cm³/mol. The van der Waals surface area contributed by atoms with Gasteiger partial charge in [0.15, 0.2) is 11.6 Å². The first kappa shape index (κ1) is 18.5. The molecule has 0 saturated heterocycles. The number of hydrogen-bond acceptors (Lipinski definition) is 2. The monoisotopic (exact) mass is 374 g/mol. The van der Waals surface area contributed by atoms with Crippen molar-refractivity contribution >= 4 is 21.6 Å². The van der Waals surface area contributed by atoms with Crippen LogP contribution in [-0.4, -0.2) is 6.54 Å². The lowest BCUT2D eigenvalue weighted by atomic mass is 10.1. The number of halogens is 4. The van der Waals surface area contributed by atoms with Crippen molar-refractivity contribution in [2.75, 3.05) is 11.9 Å². The van der Waals surface area contributed by atoms with Gasteiger partial charge in [-0.1, -0.05) is 22.0 Å². The molecule has 0 heterocycles. The maximum Gasteiger partial charge on any atom is 0.159 e. The molecule has 2 aromatic carbocycles. The van der Waals surface area contributed by atoms with Crippen LogP contribution in [0.1, 0.15) is 25.5 Å². The van der Waals surface area contributed by atoms with Gasteiger partial charge in [0.1, 0.15) is 5.82 Å². The van der Waals surface area contributed by atoms with Crippen LogP contribution in [0.2, 0.25) is 0 Å². The van der Waals surface area contributed by atoms with Crippen LogP contribution in [-0.2, 0) is 0 Å². The van der Waals surface area contributed by atoms with Crippen LogP contribution in [0, 0.1) is 17.5 Å². The molecule has 2 rings (SSSR count). The van der Waals surface area contributed by atoms with E-state index < -0.39 is 11.6 Å². The number of hydrogen-bond donors (Lipinski definition) is 2. The number of benzene rings is 2. The fourth-order valence-corrected chi connectivity index (χ4v) is 1.95. The van der Waals surface area contributed by atoms with E-state index in [0.29, 0.717) is 11.3 Å². The Morgan fingerprint density at radius 2 is 1.73 bits per heavy atom. The number of nitrogens with one attached hydrogen (secondary N) is 1. The summed E-state index contributed by atoms with van der Waals surface area (Å²) in [6.07, 6.45) is 0. The van der Waals surface area contributed by atoms with Crippen LogP contribution in [0.15, 0.2) is 40.9 Å². The van der Waals surface area contributed by atoms with Crippen LogP contribution in [0.5, 0.6) is 0 Å². The van der Waals surface area contributed by atoms with Gasteiger partial charge < -0.3 is 11.1 Å². The number of nitrogens with two attached hydrogens (primary N) is 1. The fourth-order valence-electron chi connectivity index (χ4n) is 1.62. The van der Waals surface area contributed by atoms with E-state index >= 15 is 0 Å². The Kier molecular flexibility index (Phi) is 7.41. The van der Waals surface area contributed by atoms with Gasteiger partial charge in [0, 0.05) is 17.1 Å². The van der Waals surface area contributed by atoms with Crippen molar-refractivity contribution < 1.29 is 13.2 Å². The Morgan fingerprint density at radius 3 is 2.23 bits per heavy atom. The summed E-state index contributed by atoms with van der Waals surface area (Å²) in [7, 11) is 0. The van der Waals surface area contributed by atoms with Gasteiger partial charge in [-0.05, 0) is 49.7 Å². The minimum absolute atomic E-state index is 0.221. The van der Waals surface area contributed by atoms with Crippen LogP contribution in [0.25, 0.3) is 0 Å². The van der Waals surface area contributed by atoms with Crippen LogP contribution in [0.3, 0.4) is 0 Å². The van der Waals surface area contributed by atoms with E-state index in [1.165, 1.54) is 12.1 Å². The third-order valence-electron chi connectivity index (χ3n) is 2.77. The summed E-state index contributed by atoms with van der Waals surface area (Å²) in [5.41, 5.74) is 6.60. The Balaban J connectivity index is 0.000000220. The molecule has 0 aliphatic rings. The molecule has 6 heteroatoms. The molecule has 22 heavy (non-hydrogen) atoms. The highest BCUT2D eigenvalue weighted by atomic mass is 79.9. The van der Waals surface area contributed by atoms with Crippen LogP contribution >= 0.6 is 15.9 Å². The maximum absolute atomic E-state index is 12.9. The molecule has 1 unspecified atom stereocenters. The summed E-state index contributed by atoms with van der Waals surface area (Å²) in [6, 6.07) is 8.36. The Bertz CT molecular complexity index is 618. The quantitative estimate of drug-likeness (QED) is 0.792. The van der Waals surface area contributed by atoms with Crippen molar-refractivity contribution in [2.45, 2.75) is 19.9 Å². The zero-order valence-electron chi connectivity index (χ0n) is 12.3. The van der Waals surface area contributed by atoms with E-state index in [-0.39, 0.29) is 11.9 Å². The van der Waals surface area contributed by atoms with E-state index in [2.05, 4.69) is 21.2 Å². The SMILES string of the molecule is CC(N)c1ccc(F)c(F)c1.CCNc1ccc(Br)cc1F. The van der Waals surface area contributed by atoms with Gasteiger partial charge in [0.05, 0.1) is 5.69 Å². The first-order chi connectivity index (χ1) is 10.3. The van der Waals surface area contributed by atoms with Crippen molar-refractivity contribution in [2.24, 2.45) is 5.73 Å². The average molecular weight is 375 g/mol. The molecule has 0 aliphatic heterocycles. The summed E-state index contributed by atoms with van der Waals surface area (Å²) >= 11 is 3.18. The van der Waals surface area contributed by atoms with Gasteiger partial charge >= 0.3 is 0 Å². The lowest BCUT2D eigenvalue weighted by molar-refractivity contribution is 0.506. The summed E-state index contributed by atoms with van der Waals surface area (Å²) in [5.74, 6) is -1.91. The predicted octanol–water partition coefficient (Wildman–Crippen LogP) is 5.00. The van der Waals surface area contributed by atoms with Crippen molar-refractivity contribution in [1.82, 2.24) is 0 Å². The first-order valence-electron chi connectivity index (χ1n) is 6.74. The normalized spacial score (nSPS) is 11.4. The lowest BCUT2D eigenvalue weighted by Gasteiger charge is -2.04. The van der Waals surface area contributed by atoms with Crippen LogP contribution < -0.4 is 11.1 Å². The van der Waals surface area contributed by atoms with Crippen molar-refractivity contribution in [3.63, 3.8) is 0 Å².